The van der Waals surface area contributed by atoms with Crippen LogP contribution >= 0.6 is 24.8 Å². The molecule has 2 aromatic rings. The van der Waals surface area contributed by atoms with Crippen molar-refractivity contribution in [1.82, 2.24) is 5.32 Å². The van der Waals surface area contributed by atoms with Crippen LogP contribution < -0.4 is 15.0 Å². The fraction of sp³-hybridized carbons (Fsp3) is 0.478. The summed E-state index contributed by atoms with van der Waals surface area (Å²) in [5.41, 5.74) is -4.38. The van der Waals surface area contributed by atoms with E-state index in [0.29, 0.717) is 6.42 Å². The Morgan fingerprint density at radius 1 is 1.03 bits per heavy atom. The number of halogens is 8. The molecule has 1 saturated heterocycles. The normalized spacial score (nSPS) is 21.4. The molecule has 0 unspecified atom stereocenters. The summed E-state index contributed by atoms with van der Waals surface area (Å²) in [7, 11) is 3.00. The molecule has 0 bridgehead atoms. The Labute approximate surface area is 211 Å². The summed E-state index contributed by atoms with van der Waals surface area (Å²) in [6.45, 7) is -0.0589. The highest BCUT2D eigenvalue weighted by Crippen LogP contribution is 2.58. The molecule has 12 heteroatoms. The molecule has 2 aliphatic heterocycles. The van der Waals surface area contributed by atoms with Gasteiger partial charge in [0.05, 0.1) is 25.4 Å². The third kappa shape index (κ3) is 4.90. The Kier molecular flexibility index (Phi) is 8.91. The number of methoxy groups -OCH3 is 1. The van der Waals surface area contributed by atoms with Crippen molar-refractivity contribution in [1.29, 1.82) is 0 Å². The first-order chi connectivity index (χ1) is 15.5. The number of piperidine rings is 1. The van der Waals surface area contributed by atoms with E-state index < -0.39 is 30.1 Å². The summed E-state index contributed by atoms with van der Waals surface area (Å²) in [6, 6.07) is 11.3. The predicted octanol–water partition coefficient (Wildman–Crippen LogP) is 6.32. The Morgan fingerprint density at radius 2 is 1.66 bits per heavy atom. The van der Waals surface area contributed by atoms with Gasteiger partial charge in [0.1, 0.15) is 5.75 Å². The summed E-state index contributed by atoms with van der Waals surface area (Å²) >= 11 is 0. The van der Waals surface area contributed by atoms with Crippen LogP contribution in [0.15, 0.2) is 42.5 Å². The third-order valence-corrected chi connectivity index (χ3v) is 6.49. The molecule has 1 fully saturated rings. The summed E-state index contributed by atoms with van der Waals surface area (Å²) in [4.78, 5) is 1.71. The number of nitrogens with one attached hydrogen (secondary N) is 1. The molecule has 0 radical (unpaired) electrons. The van der Waals surface area contributed by atoms with Crippen LogP contribution in [0.2, 0.25) is 0 Å². The smallest absolute Gasteiger partial charge is 0.430 e. The van der Waals surface area contributed by atoms with Gasteiger partial charge in [-0.1, -0.05) is 30.3 Å². The Morgan fingerprint density at radius 3 is 2.23 bits per heavy atom. The molecular weight excluding hydrogens is 521 g/mol. The highest BCUT2D eigenvalue weighted by molar-refractivity contribution is 5.85. The van der Waals surface area contributed by atoms with Crippen LogP contribution in [0.3, 0.4) is 0 Å². The van der Waals surface area contributed by atoms with E-state index in [4.69, 9.17) is 4.74 Å². The number of fused-ring (bicyclic) bond motifs is 1. The molecule has 0 amide bonds. The van der Waals surface area contributed by atoms with E-state index in [9.17, 15) is 26.3 Å². The summed E-state index contributed by atoms with van der Waals surface area (Å²) in [5, 5.41) is 3.42. The summed E-state index contributed by atoms with van der Waals surface area (Å²) < 4.78 is 92.9. The zero-order valence-corrected chi connectivity index (χ0v) is 20.5. The maximum absolute atomic E-state index is 13.8. The van der Waals surface area contributed by atoms with Crippen molar-refractivity contribution in [2.24, 2.45) is 0 Å². The number of alkyl halides is 6. The third-order valence-electron chi connectivity index (χ3n) is 6.49. The second-order valence-electron chi connectivity index (χ2n) is 8.31. The first-order valence-electron chi connectivity index (χ1n) is 10.5. The number of hydrogen-bond donors (Lipinski definition) is 1. The molecule has 2 aromatic carbocycles. The molecule has 4 nitrogen and oxygen atoms in total. The monoisotopic (exact) mass is 546 g/mol. The van der Waals surface area contributed by atoms with Crippen LogP contribution in [0.4, 0.5) is 32.0 Å². The van der Waals surface area contributed by atoms with Crippen molar-refractivity contribution in [2.45, 2.75) is 49.5 Å². The summed E-state index contributed by atoms with van der Waals surface area (Å²) in [5.74, 6) is 0.192. The topological polar surface area (TPSA) is 33.7 Å². The van der Waals surface area contributed by atoms with Crippen molar-refractivity contribution in [3.63, 3.8) is 0 Å². The molecule has 196 valence electrons. The number of benzene rings is 2. The Balaban J connectivity index is 0.00000216. The van der Waals surface area contributed by atoms with E-state index in [1.807, 2.05) is 30.3 Å². The van der Waals surface area contributed by atoms with Crippen LogP contribution in [0.1, 0.15) is 35.6 Å². The average Bonchev–Trinajstić information content (AvgIpc) is 3.18. The first-order valence-corrected chi connectivity index (χ1v) is 10.5. The van der Waals surface area contributed by atoms with Crippen molar-refractivity contribution in [3.8, 4) is 5.75 Å². The minimum absolute atomic E-state index is 0. The number of anilines is 1. The molecule has 1 N–H and O–H groups in total. The molecule has 4 rings (SSSR count). The number of likely N-dealkylation sites (N-methyl/N-ethyl adjacent to an activating group) is 1. The minimum Gasteiger partial charge on any atom is -0.495 e. The van der Waals surface area contributed by atoms with Crippen LogP contribution in [0, 0.1) is 0 Å². The molecule has 0 aromatic heterocycles. The van der Waals surface area contributed by atoms with Gasteiger partial charge in [-0.15, -0.1) is 24.8 Å². The van der Waals surface area contributed by atoms with Gasteiger partial charge in [0.15, 0.2) is 0 Å². The fourth-order valence-electron chi connectivity index (χ4n) is 4.86. The maximum atomic E-state index is 13.8. The lowest BCUT2D eigenvalue weighted by atomic mass is 9.88. The molecule has 2 heterocycles. The molecular formula is C23H26Cl2F6N2O2. The summed E-state index contributed by atoms with van der Waals surface area (Å²) in [6.07, 6.45) is -9.85. The van der Waals surface area contributed by atoms with Crippen molar-refractivity contribution < 1.29 is 35.8 Å². The number of hydrogen-bond acceptors (Lipinski definition) is 4. The fourth-order valence-corrected chi connectivity index (χ4v) is 4.86. The molecule has 0 saturated carbocycles. The standard InChI is InChI=1S/C23H24F6N2O2.2ClH/c1-31(17-9-6-10-30-20(17)14-7-4-3-5-8-14)18-12-16-15(11-19(18)32-2)13-33-21(16,22(24,25)26)23(27,28)29;;/h3-5,7-8,11-12,17,20,30H,6,9-10,13H2,1-2H3;2*1H/t17-,20-;;/m0../s1. The molecule has 35 heavy (non-hydrogen) atoms. The van der Waals surface area contributed by atoms with Gasteiger partial charge >= 0.3 is 12.4 Å². The van der Waals surface area contributed by atoms with Crippen molar-refractivity contribution in [2.75, 3.05) is 25.6 Å². The SMILES string of the molecule is COc1cc2c(cc1N(C)[C@H]1CCCN[C@H]1c1ccccc1)C(C(F)(F)F)(C(F)(F)F)OC2.Cl.Cl. The molecule has 2 aliphatic rings. The van der Waals surface area contributed by atoms with E-state index in [1.165, 1.54) is 13.2 Å². The van der Waals surface area contributed by atoms with Gasteiger partial charge in [-0.25, -0.2) is 0 Å². The van der Waals surface area contributed by atoms with E-state index >= 15 is 0 Å². The number of nitrogens with zero attached hydrogens (tertiary/aromatic N) is 1. The first kappa shape index (κ1) is 29.4. The van der Waals surface area contributed by atoms with E-state index in [0.717, 1.165) is 24.6 Å². The minimum atomic E-state index is -5.68. The lowest BCUT2D eigenvalue weighted by molar-refractivity contribution is -0.385. The predicted molar refractivity (Wildman–Crippen MR) is 125 cm³/mol. The van der Waals surface area contributed by atoms with Gasteiger partial charge in [0, 0.05) is 18.7 Å². The van der Waals surface area contributed by atoms with Gasteiger partial charge in [-0.2, -0.15) is 26.3 Å². The van der Waals surface area contributed by atoms with E-state index in [-0.39, 0.29) is 53.9 Å². The van der Waals surface area contributed by atoms with Gasteiger partial charge < -0.3 is 19.7 Å². The zero-order chi connectivity index (χ0) is 24.0. The average molecular weight is 547 g/mol. The number of ether oxygens (including phenoxy) is 2. The van der Waals surface area contributed by atoms with E-state index in [2.05, 4.69) is 10.1 Å². The largest absolute Gasteiger partial charge is 0.495 e. The molecule has 0 aliphatic carbocycles. The Bertz CT molecular complexity index is 990. The second kappa shape index (κ2) is 10.6. The maximum Gasteiger partial charge on any atom is 0.430 e. The Hall–Kier alpha value is -1.88. The molecule has 0 spiro atoms. The van der Waals surface area contributed by atoms with Gasteiger partial charge in [-0.05, 0) is 42.6 Å². The van der Waals surface area contributed by atoms with Gasteiger partial charge in [0.2, 0.25) is 0 Å². The lowest BCUT2D eigenvalue weighted by Crippen LogP contribution is -2.54. The van der Waals surface area contributed by atoms with Crippen molar-refractivity contribution >= 4 is 30.5 Å². The van der Waals surface area contributed by atoms with Gasteiger partial charge in [0.25, 0.3) is 5.60 Å². The molecule has 2 atom stereocenters. The lowest BCUT2D eigenvalue weighted by Gasteiger charge is -2.41. The van der Waals surface area contributed by atoms with Gasteiger partial charge in [-0.3, -0.25) is 0 Å². The quantitative estimate of drug-likeness (QED) is 0.455. The zero-order valence-electron chi connectivity index (χ0n) is 18.9. The highest BCUT2D eigenvalue weighted by Gasteiger charge is 2.75. The van der Waals surface area contributed by atoms with Crippen LogP contribution in [-0.2, 0) is 16.9 Å². The highest BCUT2D eigenvalue weighted by atomic mass is 35.5. The van der Waals surface area contributed by atoms with Crippen LogP contribution in [0.5, 0.6) is 5.75 Å². The van der Waals surface area contributed by atoms with Crippen LogP contribution in [0.25, 0.3) is 0 Å². The number of rotatable bonds is 4. The van der Waals surface area contributed by atoms with Crippen molar-refractivity contribution in [3.05, 3.63) is 59.2 Å². The second-order valence-corrected chi connectivity index (χ2v) is 8.31. The van der Waals surface area contributed by atoms with E-state index in [1.54, 1.807) is 11.9 Å². The van der Waals surface area contributed by atoms with Crippen LogP contribution in [-0.4, -0.2) is 39.1 Å².